The van der Waals surface area contributed by atoms with Gasteiger partial charge in [-0.3, -0.25) is 4.57 Å². The van der Waals surface area contributed by atoms with Crippen LogP contribution in [0.15, 0.2) is 417 Å². The molecule has 9 nitrogen and oxygen atoms in total. The molecule has 0 aliphatic rings. The van der Waals surface area contributed by atoms with E-state index in [-0.39, 0.29) is 0 Å². The van der Waals surface area contributed by atoms with Gasteiger partial charge in [-0.2, -0.15) is 0 Å². The summed E-state index contributed by atoms with van der Waals surface area (Å²) in [6.07, 6.45) is 0. The van der Waals surface area contributed by atoms with Gasteiger partial charge in [0.2, 0.25) is 5.95 Å². The average molecular weight is 1550 g/mol. The van der Waals surface area contributed by atoms with E-state index < -0.39 is 0 Å². The number of para-hydroxylation sites is 5. The lowest BCUT2D eigenvalue weighted by Crippen LogP contribution is -2.04. The Morgan fingerprint density at radius 3 is 1.07 bits per heavy atom. The summed E-state index contributed by atoms with van der Waals surface area (Å²) in [5.41, 5.74) is 27.6. The van der Waals surface area contributed by atoms with Crippen LogP contribution in [0.3, 0.4) is 0 Å². The van der Waals surface area contributed by atoms with Crippen molar-refractivity contribution in [2.75, 3.05) is 0 Å². The fraction of sp³-hybridized carbons (Fsp3) is 0. The molecular formula is C110H68N8OS. The predicted molar refractivity (Wildman–Crippen MR) is 500 cm³/mol. The van der Waals surface area contributed by atoms with Gasteiger partial charge in [0.25, 0.3) is 0 Å². The van der Waals surface area contributed by atoms with Crippen molar-refractivity contribution < 1.29 is 4.42 Å². The molecule has 17 aromatic carbocycles. The Kier molecular flexibility index (Phi) is 16.0. The highest BCUT2D eigenvalue weighted by atomic mass is 32.1. The van der Waals surface area contributed by atoms with Crippen molar-refractivity contribution in [1.29, 1.82) is 0 Å². The van der Waals surface area contributed by atoms with Crippen LogP contribution >= 0.6 is 11.3 Å². The molecule has 0 bridgehead atoms. The molecule has 0 spiro atoms. The molecule has 0 atom stereocenters. The van der Waals surface area contributed by atoms with Crippen molar-refractivity contribution >= 4 is 141 Å². The lowest BCUT2D eigenvalue weighted by atomic mass is 10.00. The molecule has 0 amide bonds. The third-order valence-corrected chi connectivity index (χ3v) is 25.1. The normalized spacial score (nSPS) is 11.8. The van der Waals surface area contributed by atoms with Gasteiger partial charge in [-0.1, -0.05) is 261 Å². The monoisotopic (exact) mass is 1550 g/mol. The summed E-state index contributed by atoms with van der Waals surface area (Å²) in [6, 6.07) is 147. The van der Waals surface area contributed by atoms with Crippen LogP contribution in [0.5, 0.6) is 0 Å². The summed E-state index contributed by atoms with van der Waals surface area (Å²) < 4.78 is 18.7. The van der Waals surface area contributed by atoms with E-state index in [2.05, 4.69) is 394 Å². The lowest BCUT2D eigenvalue weighted by Gasteiger charge is -2.12. The molecule has 0 saturated heterocycles. The second-order valence-electron chi connectivity index (χ2n) is 30.8. The molecule has 25 rings (SSSR count). The first-order chi connectivity index (χ1) is 59.5. The highest BCUT2D eigenvalue weighted by Gasteiger charge is 2.26. The molecule has 0 saturated carbocycles. The number of hydrogen-bond acceptors (Lipinski definition) is 6. The molecule has 560 valence electrons. The Bertz CT molecular complexity index is 8260. The van der Waals surface area contributed by atoms with Crippen LogP contribution < -0.4 is 0 Å². The Balaban J connectivity index is 0.000000137. The van der Waals surface area contributed by atoms with Crippen LogP contribution in [0.4, 0.5) is 0 Å². The SMILES string of the molecule is c1ccc(-c2cc(-c3ccccc3)nc(-c3ccc(-n4c5ccc(-c6ccc7c(c6)c6ccccc6n7-c6ccccc6)cc5c5c6sc7ccccc7c6ccc54)cc3)n2)cc1.c1ccc(-c2cc(-c3ccccc3)nc(-n3c4ccc(-c5ccc6c(c5)c5ccccc5n6-c5ccccc5)cc4c4c5oc6ccccc6c5ccc43)n2)cc1. The molecule has 0 aliphatic heterocycles. The Labute approximate surface area is 692 Å². The first-order valence-electron chi connectivity index (χ1n) is 40.6. The van der Waals surface area contributed by atoms with Crippen molar-refractivity contribution in [3.05, 3.63) is 413 Å². The minimum atomic E-state index is 0.605. The van der Waals surface area contributed by atoms with Gasteiger partial charge in [-0.05, 0) is 174 Å². The summed E-state index contributed by atoms with van der Waals surface area (Å²) in [4.78, 5) is 20.8. The first kappa shape index (κ1) is 68.5. The number of thiophene rings is 1. The van der Waals surface area contributed by atoms with E-state index in [0.29, 0.717) is 11.8 Å². The molecule has 120 heavy (non-hydrogen) atoms. The molecular weight excluding hydrogens is 1480 g/mol. The third kappa shape index (κ3) is 11.3. The molecule has 0 N–H and O–H groups in total. The van der Waals surface area contributed by atoms with Crippen molar-refractivity contribution in [3.63, 3.8) is 0 Å². The summed E-state index contributed by atoms with van der Waals surface area (Å²) in [5.74, 6) is 1.30. The average Bonchev–Trinajstić information content (AvgIpc) is 1.57. The molecule has 0 radical (unpaired) electrons. The van der Waals surface area contributed by atoms with Crippen molar-refractivity contribution in [2.24, 2.45) is 0 Å². The molecule has 8 heterocycles. The van der Waals surface area contributed by atoms with E-state index in [1.807, 2.05) is 47.7 Å². The van der Waals surface area contributed by atoms with Gasteiger partial charge in [0.1, 0.15) is 11.2 Å². The van der Waals surface area contributed by atoms with E-state index in [9.17, 15) is 0 Å². The fourth-order valence-electron chi connectivity index (χ4n) is 18.3. The summed E-state index contributed by atoms with van der Waals surface area (Å²) in [6.45, 7) is 0. The number of benzene rings is 17. The number of nitrogens with zero attached hydrogens (tertiary/aromatic N) is 8. The van der Waals surface area contributed by atoms with E-state index in [1.165, 1.54) is 96.7 Å². The minimum Gasteiger partial charge on any atom is -0.455 e. The molecule has 0 fully saturated rings. The van der Waals surface area contributed by atoms with Crippen molar-refractivity contribution in [3.8, 4) is 102 Å². The number of rotatable bonds is 11. The van der Waals surface area contributed by atoms with Crippen LogP contribution in [0, 0.1) is 0 Å². The zero-order chi connectivity index (χ0) is 78.9. The second-order valence-corrected chi connectivity index (χ2v) is 31.8. The highest BCUT2D eigenvalue weighted by Crippen LogP contribution is 2.48. The zero-order valence-corrected chi connectivity index (χ0v) is 65.5. The standard InChI is InChI=1S/C58H36N4S.C52H32N4O/c1-4-14-37(15-5-1)49-36-50(38-16-6-2-7-17-38)60-58(59-49)39-24-28-43(29-25-39)62-53-32-27-41(35-48(53)56-54(62)33-30-46-45-21-11-13-23-55(45)63-57(46)56)40-26-31-52-47(34-40)44-20-10-12-22-51(44)61(52)42-18-8-3-9-19-42;1-4-14-33(15-5-1)43-32-44(34-16-6-2-7-17-34)54-52(53-43)56-47-28-25-36(31-42(47)50-48(56)29-26-40-39-21-11-13-23-49(39)57-51(40)50)35-24-27-46-41(30-35)38-20-10-12-22-45(38)55(46)37-18-8-3-9-19-37/h1-36H;1-32H. The van der Waals surface area contributed by atoms with Gasteiger partial charge in [-0.15, -0.1) is 11.3 Å². The topological polar surface area (TPSA) is 84.4 Å². The van der Waals surface area contributed by atoms with Gasteiger partial charge in [0.15, 0.2) is 5.82 Å². The fourth-order valence-corrected chi connectivity index (χ4v) is 19.6. The molecule has 8 aromatic heterocycles. The van der Waals surface area contributed by atoms with Crippen LogP contribution in [0.1, 0.15) is 0 Å². The Morgan fingerprint density at radius 2 is 0.558 bits per heavy atom. The number of fused-ring (bicyclic) bond motifs is 20. The highest BCUT2D eigenvalue weighted by molar-refractivity contribution is 7.26. The quantitative estimate of drug-likeness (QED) is 0.129. The Morgan fingerprint density at radius 1 is 0.208 bits per heavy atom. The van der Waals surface area contributed by atoms with E-state index in [1.54, 1.807) is 0 Å². The molecule has 25 aromatic rings. The number of aromatic nitrogens is 8. The Hall–Kier alpha value is -15.9. The maximum atomic E-state index is 6.75. The van der Waals surface area contributed by atoms with E-state index in [4.69, 9.17) is 24.4 Å². The van der Waals surface area contributed by atoms with Gasteiger partial charge in [-0.25, -0.2) is 19.9 Å². The van der Waals surface area contributed by atoms with Crippen LogP contribution in [-0.4, -0.2) is 38.2 Å². The minimum absolute atomic E-state index is 0.605. The van der Waals surface area contributed by atoms with Gasteiger partial charge < -0.3 is 18.1 Å². The van der Waals surface area contributed by atoms with Crippen molar-refractivity contribution in [2.45, 2.75) is 0 Å². The van der Waals surface area contributed by atoms with Crippen LogP contribution in [0.2, 0.25) is 0 Å². The smallest absolute Gasteiger partial charge is 0.235 e. The van der Waals surface area contributed by atoms with E-state index in [0.717, 1.165) is 123 Å². The van der Waals surface area contributed by atoms with Crippen LogP contribution in [0.25, 0.3) is 231 Å². The summed E-state index contributed by atoms with van der Waals surface area (Å²) >= 11 is 1.89. The maximum absolute atomic E-state index is 6.75. The van der Waals surface area contributed by atoms with Gasteiger partial charge in [0, 0.05) is 114 Å². The van der Waals surface area contributed by atoms with E-state index >= 15 is 0 Å². The lowest BCUT2D eigenvalue weighted by molar-refractivity contribution is 0.673. The molecule has 10 heteroatoms. The van der Waals surface area contributed by atoms with Gasteiger partial charge >= 0.3 is 0 Å². The third-order valence-electron chi connectivity index (χ3n) is 23.9. The predicted octanol–water partition coefficient (Wildman–Crippen LogP) is 29.3. The number of furan rings is 1. The molecule has 0 unspecified atom stereocenters. The number of hydrogen-bond donors (Lipinski definition) is 0. The largest absolute Gasteiger partial charge is 0.455 e. The second kappa shape index (κ2) is 28.0. The van der Waals surface area contributed by atoms with Crippen LogP contribution in [-0.2, 0) is 0 Å². The van der Waals surface area contributed by atoms with Gasteiger partial charge in [0.05, 0.1) is 72.3 Å². The molecule has 0 aliphatic carbocycles. The maximum Gasteiger partial charge on any atom is 0.235 e. The summed E-state index contributed by atoms with van der Waals surface area (Å²) in [5, 5.41) is 14.4. The van der Waals surface area contributed by atoms with Crippen molar-refractivity contribution in [1.82, 2.24) is 38.2 Å². The summed E-state index contributed by atoms with van der Waals surface area (Å²) in [7, 11) is 0. The zero-order valence-electron chi connectivity index (χ0n) is 64.7. The first-order valence-corrected chi connectivity index (χ1v) is 41.4.